The number of nitrogens with one attached hydrogen (secondary N) is 3. The molecular weight excluding hydrogens is 370 g/mol. The third kappa shape index (κ3) is 4.49. The number of ether oxygens (including phenoxy) is 1. The Hall–Kier alpha value is -0.160. The van der Waals surface area contributed by atoms with Gasteiger partial charge in [0, 0.05) is 22.7 Å². The van der Waals surface area contributed by atoms with Crippen molar-refractivity contribution in [2.45, 2.75) is 120 Å². The van der Waals surface area contributed by atoms with Gasteiger partial charge in [-0.1, -0.05) is 19.8 Å². The van der Waals surface area contributed by atoms with E-state index in [2.05, 4.69) is 29.8 Å². The Labute approximate surface area is 185 Å². The zero-order chi connectivity index (χ0) is 20.7. The SMILES string of the molecule is CCC1(NCCCCC2CC3(COCC(C)N3)C2)CC1CC1CCNC2(CCC2)C1. The Bertz CT molecular complexity index is 585. The highest BCUT2D eigenvalue weighted by Crippen LogP contribution is 2.52. The number of morpholine rings is 1. The standard InChI is InChI=1S/C26H47N3O/c1-3-26(17-23(26)13-21-8-12-27-24(14-21)9-6-10-24)28-11-5-4-7-22-15-25(16-22)19-30-18-20(2)29-25/h20-23,27-29H,3-19H2,1-2H3. The lowest BCUT2D eigenvalue weighted by atomic mass is 9.66. The lowest BCUT2D eigenvalue weighted by Crippen LogP contribution is -2.64. The molecular formula is C26H47N3O. The molecule has 4 heteroatoms. The van der Waals surface area contributed by atoms with Crippen LogP contribution in [-0.4, -0.2) is 49.0 Å². The Morgan fingerprint density at radius 1 is 1.03 bits per heavy atom. The third-order valence-electron chi connectivity index (χ3n) is 9.70. The zero-order valence-electron chi connectivity index (χ0n) is 19.7. The second-order valence-electron chi connectivity index (χ2n) is 12.1. The van der Waals surface area contributed by atoms with Crippen LogP contribution in [0.25, 0.3) is 0 Å². The highest BCUT2D eigenvalue weighted by molar-refractivity contribution is 5.11. The summed E-state index contributed by atoms with van der Waals surface area (Å²) in [5.74, 6) is 2.87. The highest BCUT2D eigenvalue weighted by Gasteiger charge is 2.53. The molecule has 0 aromatic rings. The molecule has 4 nitrogen and oxygen atoms in total. The number of hydrogen-bond donors (Lipinski definition) is 3. The van der Waals surface area contributed by atoms with E-state index in [1.807, 2.05) is 0 Å². The minimum atomic E-state index is 0.334. The average molecular weight is 418 g/mol. The molecule has 30 heavy (non-hydrogen) atoms. The van der Waals surface area contributed by atoms with Gasteiger partial charge < -0.3 is 20.7 Å². The van der Waals surface area contributed by atoms with Crippen LogP contribution in [0.4, 0.5) is 0 Å². The van der Waals surface area contributed by atoms with Crippen LogP contribution in [0.3, 0.4) is 0 Å². The molecule has 0 bridgehead atoms. The summed E-state index contributed by atoms with van der Waals surface area (Å²) in [6.07, 6.45) is 18.3. The summed E-state index contributed by atoms with van der Waals surface area (Å²) < 4.78 is 5.80. The van der Waals surface area contributed by atoms with Gasteiger partial charge in [0.25, 0.3) is 0 Å². The molecule has 0 radical (unpaired) electrons. The summed E-state index contributed by atoms with van der Waals surface area (Å²) in [6.45, 7) is 9.00. The van der Waals surface area contributed by atoms with Crippen LogP contribution in [-0.2, 0) is 4.74 Å². The van der Waals surface area contributed by atoms with E-state index in [1.54, 1.807) is 0 Å². The van der Waals surface area contributed by atoms with Gasteiger partial charge in [-0.3, -0.25) is 0 Å². The van der Waals surface area contributed by atoms with E-state index in [0.29, 0.717) is 22.7 Å². The molecule has 2 saturated heterocycles. The molecule has 4 unspecified atom stereocenters. The fourth-order valence-corrected chi connectivity index (χ4v) is 7.74. The van der Waals surface area contributed by atoms with Crippen LogP contribution < -0.4 is 16.0 Å². The van der Waals surface area contributed by atoms with Crippen LogP contribution in [0.5, 0.6) is 0 Å². The van der Waals surface area contributed by atoms with Gasteiger partial charge in [0.2, 0.25) is 0 Å². The lowest BCUT2D eigenvalue weighted by Gasteiger charge is -2.52. The third-order valence-corrected chi connectivity index (χ3v) is 9.70. The Kier molecular flexibility index (Phi) is 6.25. The van der Waals surface area contributed by atoms with Gasteiger partial charge in [0.15, 0.2) is 0 Å². The van der Waals surface area contributed by atoms with Crippen molar-refractivity contribution in [1.29, 1.82) is 0 Å². The first-order valence-electron chi connectivity index (χ1n) is 13.4. The minimum Gasteiger partial charge on any atom is -0.378 e. The van der Waals surface area contributed by atoms with Crippen molar-refractivity contribution in [3.63, 3.8) is 0 Å². The van der Waals surface area contributed by atoms with Crippen molar-refractivity contribution in [3.05, 3.63) is 0 Å². The van der Waals surface area contributed by atoms with Crippen LogP contribution in [0.2, 0.25) is 0 Å². The van der Waals surface area contributed by atoms with E-state index >= 15 is 0 Å². The topological polar surface area (TPSA) is 45.3 Å². The fourth-order valence-electron chi connectivity index (χ4n) is 7.74. The first-order chi connectivity index (χ1) is 14.5. The van der Waals surface area contributed by atoms with Crippen molar-refractivity contribution in [2.24, 2.45) is 17.8 Å². The molecule has 5 rings (SSSR count). The second-order valence-corrected chi connectivity index (χ2v) is 12.1. The van der Waals surface area contributed by atoms with Gasteiger partial charge in [-0.05, 0) is 108 Å². The summed E-state index contributed by atoms with van der Waals surface area (Å²) in [6, 6.07) is 0.532. The van der Waals surface area contributed by atoms with Crippen molar-refractivity contribution >= 4 is 0 Å². The van der Waals surface area contributed by atoms with Crippen molar-refractivity contribution in [3.8, 4) is 0 Å². The molecule has 3 saturated carbocycles. The number of unbranched alkanes of at least 4 members (excludes halogenated alkanes) is 1. The van der Waals surface area contributed by atoms with Crippen LogP contribution in [0.15, 0.2) is 0 Å². The predicted molar refractivity (Wildman–Crippen MR) is 124 cm³/mol. The van der Waals surface area contributed by atoms with E-state index in [1.165, 1.54) is 96.6 Å². The van der Waals surface area contributed by atoms with Crippen LogP contribution in [0, 0.1) is 17.8 Å². The van der Waals surface area contributed by atoms with Crippen molar-refractivity contribution in [1.82, 2.24) is 16.0 Å². The van der Waals surface area contributed by atoms with E-state index in [4.69, 9.17) is 4.74 Å². The maximum atomic E-state index is 5.80. The summed E-state index contributed by atoms with van der Waals surface area (Å²) in [5.41, 5.74) is 1.40. The predicted octanol–water partition coefficient (Wildman–Crippen LogP) is 4.38. The Morgan fingerprint density at radius 2 is 1.87 bits per heavy atom. The molecule has 4 atom stereocenters. The number of hydrogen-bond acceptors (Lipinski definition) is 4. The average Bonchev–Trinajstić information content (AvgIpc) is 3.38. The van der Waals surface area contributed by atoms with Crippen molar-refractivity contribution in [2.75, 3.05) is 26.3 Å². The minimum absolute atomic E-state index is 0.334. The maximum Gasteiger partial charge on any atom is 0.0649 e. The maximum absolute atomic E-state index is 5.80. The van der Waals surface area contributed by atoms with Gasteiger partial charge in [-0.15, -0.1) is 0 Å². The summed E-state index contributed by atoms with van der Waals surface area (Å²) in [5, 5.41) is 11.7. The highest BCUT2D eigenvalue weighted by atomic mass is 16.5. The van der Waals surface area contributed by atoms with E-state index < -0.39 is 0 Å². The normalized spacial score (nSPS) is 44.6. The van der Waals surface area contributed by atoms with Gasteiger partial charge in [0.05, 0.1) is 13.2 Å². The number of piperidine rings is 1. The molecule has 5 aliphatic rings. The van der Waals surface area contributed by atoms with E-state index in [9.17, 15) is 0 Å². The van der Waals surface area contributed by atoms with Gasteiger partial charge in [0.1, 0.15) is 0 Å². The molecule has 2 spiro atoms. The molecule has 172 valence electrons. The monoisotopic (exact) mass is 417 g/mol. The lowest BCUT2D eigenvalue weighted by molar-refractivity contribution is -0.0580. The van der Waals surface area contributed by atoms with Crippen LogP contribution in [0.1, 0.15) is 97.3 Å². The molecule has 5 fully saturated rings. The van der Waals surface area contributed by atoms with Gasteiger partial charge in [-0.25, -0.2) is 0 Å². The second kappa shape index (κ2) is 8.65. The van der Waals surface area contributed by atoms with E-state index in [-0.39, 0.29) is 0 Å². The quantitative estimate of drug-likeness (QED) is 0.487. The molecule has 0 aromatic carbocycles. The molecule has 3 aliphatic carbocycles. The van der Waals surface area contributed by atoms with Crippen molar-refractivity contribution < 1.29 is 4.74 Å². The molecule has 0 aromatic heterocycles. The molecule has 0 amide bonds. The Morgan fingerprint density at radius 3 is 2.60 bits per heavy atom. The van der Waals surface area contributed by atoms with Crippen LogP contribution >= 0.6 is 0 Å². The first-order valence-corrected chi connectivity index (χ1v) is 13.4. The zero-order valence-corrected chi connectivity index (χ0v) is 19.7. The molecule has 2 heterocycles. The van der Waals surface area contributed by atoms with Gasteiger partial charge >= 0.3 is 0 Å². The largest absolute Gasteiger partial charge is 0.378 e. The summed E-state index contributed by atoms with van der Waals surface area (Å²) in [4.78, 5) is 0. The summed E-state index contributed by atoms with van der Waals surface area (Å²) >= 11 is 0. The molecule has 2 aliphatic heterocycles. The molecule has 3 N–H and O–H groups in total. The first kappa shape index (κ1) is 21.7. The smallest absolute Gasteiger partial charge is 0.0649 e. The fraction of sp³-hybridized carbons (Fsp3) is 1.00. The summed E-state index contributed by atoms with van der Waals surface area (Å²) in [7, 11) is 0. The van der Waals surface area contributed by atoms with Gasteiger partial charge in [-0.2, -0.15) is 0 Å². The number of rotatable bonds is 9. The Balaban J connectivity index is 0.962. The van der Waals surface area contributed by atoms with E-state index in [0.717, 1.165) is 31.0 Å².